The van der Waals surface area contributed by atoms with Crippen LogP contribution in [0.4, 0.5) is 10.1 Å². The molecule has 0 radical (unpaired) electrons. The Balaban J connectivity index is 2.06. The lowest BCUT2D eigenvalue weighted by Gasteiger charge is -2.14. The Bertz CT molecular complexity index is 756. The zero-order valence-electron chi connectivity index (χ0n) is 14.2. The maximum absolute atomic E-state index is 13.7. The van der Waals surface area contributed by atoms with E-state index in [1.165, 1.54) is 12.1 Å². The van der Waals surface area contributed by atoms with Crippen LogP contribution < -0.4 is 10.6 Å². The van der Waals surface area contributed by atoms with Crippen molar-refractivity contribution in [3.05, 3.63) is 65.0 Å². The van der Waals surface area contributed by atoms with Gasteiger partial charge in [0.1, 0.15) is 5.82 Å². The largest absolute Gasteiger partial charge is 0.394 e. The summed E-state index contributed by atoms with van der Waals surface area (Å²) in [4.78, 5) is 24.2. The maximum atomic E-state index is 13.7. The van der Waals surface area contributed by atoms with Gasteiger partial charge in [0.15, 0.2) is 0 Å². The van der Waals surface area contributed by atoms with Gasteiger partial charge in [0.2, 0.25) is 0 Å². The molecule has 1 unspecified atom stereocenters. The minimum Gasteiger partial charge on any atom is -0.394 e. The van der Waals surface area contributed by atoms with Crippen molar-refractivity contribution in [3.63, 3.8) is 0 Å². The number of benzene rings is 2. The zero-order valence-corrected chi connectivity index (χ0v) is 14.2. The predicted molar refractivity (Wildman–Crippen MR) is 94.2 cm³/mol. The molecule has 0 aliphatic carbocycles. The third-order valence-corrected chi connectivity index (χ3v) is 3.82. The third kappa shape index (κ3) is 4.87. The molecule has 0 aliphatic rings. The van der Waals surface area contributed by atoms with E-state index in [2.05, 4.69) is 10.6 Å². The van der Waals surface area contributed by atoms with Crippen molar-refractivity contribution in [1.29, 1.82) is 0 Å². The number of amides is 2. The van der Waals surface area contributed by atoms with Gasteiger partial charge in [-0.15, -0.1) is 0 Å². The normalized spacial score (nSPS) is 11.7. The number of aryl methyl sites for hydroxylation is 1. The van der Waals surface area contributed by atoms with Gasteiger partial charge in [-0.3, -0.25) is 9.59 Å². The van der Waals surface area contributed by atoms with Crippen LogP contribution in [0.25, 0.3) is 0 Å². The predicted octanol–water partition coefficient (Wildman–Crippen LogP) is 2.89. The van der Waals surface area contributed by atoms with Crippen LogP contribution in [0.2, 0.25) is 0 Å². The summed E-state index contributed by atoms with van der Waals surface area (Å²) in [5, 5.41) is 14.4. The van der Waals surface area contributed by atoms with E-state index >= 15 is 0 Å². The highest BCUT2D eigenvalue weighted by atomic mass is 19.1. The fraction of sp³-hybridized carbons (Fsp3) is 0.263. The first-order chi connectivity index (χ1) is 11.9. The van der Waals surface area contributed by atoms with Crippen molar-refractivity contribution in [1.82, 2.24) is 5.32 Å². The molecule has 3 N–H and O–H groups in total. The van der Waals surface area contributed by atoms with Crippen LogP contribution in [-0.4, -0.2) is 29.6 Å². The van der Waals surface area contributed by atoms with Gasteiger partial charge >= 0.3 is 0 Å². The quantitative estimate of drug-likeness (QED) is 0.754. The number of aliphatic hydroxyl groups excluding tert-OH is 1. The highest BCUT2D eigenvalue weighted by Gasteiger charge is 2.14. The second-order valence-electron chi connectivity index (χ2n) is 5.78. The molecular weight excluding hydrogens is 323 g/mol. The van der Waals surface area contributed by atoms with Gasteiger partial charge in [-0.25, -0.2) is 4.39 Å². The molecule has 1 atom stereocenters. The van der Waals surface area contributed by atoms with Gasteiger partial charge in [-0.05, 0) is 49.7 Å². The molecule has 5 nitrogen and oxygen atoms in total. The van der Waals surface area contributed by atoms with Crippen LogP contribution in [0.3, 0.4) is 0 Å². The van der Waals surface area contributed by atoms with Crippen LogP contribution in [0.1, 0.15) is 39.6 Å². The Kier molecular flexibility index (Phi) is 6.25. The lowest BCUT2D eigenvalue weighted by atomic mass is 10.1. The number of nitrogens with one attached hydrogen (secondary N) is 2. The van der Waals surface area contributed by atoms with E-state index in [4.69, 9.17) is 5.11 Å². The van der Waals surface area contributed by atoms with E-state index in [1.54, 1.807) is 37.3 Å². The Morgan fingerprint density at radius 3 is 2.40 bits per heavy atom. The number of hydrogen-bond acceptors (Lipinski definition) is 3. The van der Waals surface area contributed by atoms with Gasteiger partial charge in [-0.2, -0.15) is 0 Å². The number of halogens is 1. The molecule has 25 heavy (non-hydrogen) atoms. The van der Waals surface area contributed by atoms with Crippen molar-refractivity contribution in [2.75, 3.05) is 11.9 Å². The van der Waals surface area contributed by atoms with Crippen LogP contribution in [0.15, 0.2) is 42.5 Å². The first kappa shape index (κ1) is 18.6. The number of carbonyl (C=O) groups excluding carboxylic acids is 2. The van der Waals surface area contributed by atoms with Crippen molar-refractivity contribution >= 4 is 17.5 Å². The van der Waals surface area contributed by atoms with E-state index in [9.17, 15) is 14.0 Å². The first-order valence-corrected chi connectivity index (χ1v) is 8.04. The molecule has 0 aliphatic heterocycles. The minimum atomic E-state index is -0.589. The summed E-state index contributed by atoms with van der Waals surface area (Å²) in [7, 11) is 0. The fourth-order valence-corrected chi connectivity index (χ4v) is 2.26. The van der Waals surface area contributed by atoms with E-state index in [0.29, 0.717) is 17.7 Å². The Morgan fingerprint density at radius 1 is 1.12 bits per heavy atom. The lowest BCUT2D eigenvalue weighted by Crippen LogP contribution is -2.36. The topological polar surface area (TPSA) is 78.4 Å². The number of anilines is 1. The molecule has 2 rings (SSSR count). The van der Waals surface area contributed by atoms with Crippen molar-refractivity contribution in [2.24, 2.45) is 0 Å². The van der Waals surface area contributed by atoms with E-state index < -0.39 is 11.7 Å². The summed E-state index contributed by atoms with van der Waals surface area (Å²) in [6, 6.07) is 10.3. The summed E-state index contributed by atoms with van der Waals surface area (Å²) in [6.45, 7) is 3.52. The highest BCUT2D eigenvalue weighted by molar-refractivity contribution is 6.04. The molecule has 0 spiro atoms. The molecule has 2 aromatic carbocycles. The number of aliphatic hydroxyl groups is 1. The van der Waals surface area contributed by atoms with Gasteiger partial charge in [-0.1, -0.05) is 18.6 Å². The number of hydrogen-bond donors (Lipinski definition) is 3. The minimum absolute atomic E-state index is 0.0319. The standard InChI is InChI=1S/C19H21FN2O3/c1-3-14(11-23)21-18(24)13-5-7-15(8-6-13)22-19(25)16-10-12(2)4-9-17(16)20/h4-10,14,23H,3,11H2,1-2H3,(H,21,24)(H,22,25). The molecule has 2 amide bonds. The summed E-state index contributed by atoms with van der Waals surface area (Å²) in [6.07, 6.45) is 0.623. The summed E-state index contributed by atoms with van der Waals surface area (Å²) < 4.78 is 13.7. The molecule has 0 heterocycles. The average molecular weight is 344 g/mol. The number of rotatable bonds is 6. The lowest BCUT2D eigenvalue weighted by molar-refractivity contribution is 0.0914. The third-order valence-electron chi connectivity index (χ3n) is 3.82. The fourth-order valence-electron chi connectivity index (χ4n) is 2.26. The van der Waals surface area contributed by atoms with Gasteiger partial charge in [0.05, 0.1) is 18.2 Å². The smallest absolute Gasteiger partial charge is 0.258 e. The SMILES string of the molecule is CCC(CO)NC(=O)c1ccc(NC(=O)c2cc(C)ccc2F)cc1. The van der Waals surface area contributed by atoms with E-state index in [-0.39, 0.29) is 24.1 Å². The molecule has 6 heteroatoms. The summed E-state index contributed by atoms with van der Waals surface area (Å²) in [5.74, 6) is -1.44. The number of carbonyl (C=O) groups is 2. The van der Waals surface area contributed by atoms with Crippen LogP contribution >= 0.6 is 0 Å². The van der Waals surface area contributed by atoms with Crippen molar-refractivity contribution in [3.8, 4) is 0 Å². The average Bonchev–Trinajstić information content (AvgIpc) is 2.62. The monoisotopic (exact) mass is 344 g/mol. The van der Waals surface area contributed by atoms with Gasteiger partial charge < -0.3 is 15.7 Å². The van der Waals surface area contributed by atoms with Crippen molar-refractivity contribution < 1.29 is 19.1 Å². The maximum Gasteiger partial charge on any atom is 0.258 e. The van der Waals surface area contributed by atoms with Gasteiger partial charge in [0.25, 0.3) is 11.8 Å². The molecule has 0 saturated carbocycles. The zero-order chi connectivity index (χ0) is 18.4. The van der Waals surface area contributed by atoms with E-state index in [0.717, 1.165) is 5.56 Å². The van der Waals surface area contributed by atoms with Gasteiger partial charge in [0, 0.05) is 11.3 Å². The molecule has 0 aromatic heterocycles. The molecule has 0 bridgehead atoms. The van der Waals surface area contributed by atoms with Crippen LogP contribution in [0, 0.1) is 12.7 Å². The Morgan fingerprint density at radius 2 is 1.80 bits per heavy atom. The highest BCUT2D eigenvalue weighted by Crippen LogP contribution is 2.15. The first-order valence-electron chi connectivity index (χ1n) is 8.04. The van der Waals surface area contributed by atoms with Crippen LogP contribution in [-0.2, 0) is 0 Å². The summed E-state index contributed by atoms with van der Waals surface area (Å²) >= 11 is 0. The molecule has 0 fully saturated rings. The van der Waals surface area contributed by atoms with Crippen molar-refractivity contribution in [2.45, 2.75) is 26.3 Å². The van der Waals surface area contributed by atoms with E-state index in [1.807, 2.05) is 6.92 Å². The molecule has 132 valence electrons. The second kappa shape index (κ2) is 8.39. The molecule has 2 aromatic rings. The second-order valence-corrected chi connectivity index (χ2v) is 5.78. The van der Waals surface area contributed by atoms with Crippen LogP contribution in [0.5, 0.6) is 0 Å². The Labute approximate surface area is 145 Å². The Hall–Kier alpha value is -2.73. The molecule has 0 saturated heterocycles. The molecular formula is C19H21FN2O3. The summed E-state index contributed by atoms with van der Waals surface area (Å²) in [5.41, 5.74) is 1.62.